The number of carbonyl (C=O) groups excluding carboxylic acids is 2. The van der Waals surface area contributed by atoms with Gasteiger partial charge >= 0.3 is 0 Å². The molecule has 0 aromatic heterocycles. The number of hydrogen-bond donors (Lipinski definition) is 1. The van der Waals surface area contributed by atoms with Gasteiger partial charge in [0.15, 0.2) is 12.1 Å². The van der Waals surface area contributed by atoms with Crippen molar-refractivity contribution in [1.29, 1.82) is 0 Å². The molecule has 31 heavy (non-hydrogen) atoms. The minimum Gasteiger partial charge on any atom is -0.485 e. The van der Waals surface area contributed by atoms with E-state index >= 15 is 0 Å². The summed E-state index contributed by atoms with van der Waals surface area (Å²) in [6.07, 6.45) is 7.81. The van der Waals surface area contributed by atoms with Crippen LogP contribution in [0.4, 0.5) is 0 Å². The first-order chi connectivity index (χ1) is 14.9. The van der Waals surface area contributed by atoms with Gasteiger partial charge in [-0.15, -0.1) is 0 Å². The van der Waals surface area contributed by atoms with Crippen LogP contribution in [0, 0.1) is 0 Å². The molecule has 4 rings (SSSR count). The maximum absolute atomic E-state index is 13.0. The number of rotatable bonds is 5. The van der Waals surface area contributed by atoms with Gasteiger partial charge in [-0.3, -0.25) is 14.5 Å². The third kappa shape index (κ3) is 5.34. The Balaban J connectivity index is 1.38. The predicted molar refractivity (Wildman–Crippen MR) is 117 cm³/mol. The van der Waals surface area contributed by atoms with Gasteiger partial charge in [0.05, 0.1) is 12.0 Å². The van der Waals surface area contributed by atoms with E-state index in [0.717, 1.165) is 50.8 Å². The Morgan fingerprint density at radius 2 is 2.19 bits per heavy atom. The molecule has 3 heterocycles. The van der Waals surface area contributed by atoms with Crippen molar-refractivity contribution in [3.8, 4) is 5.75 Å². The third-order valence-electron chi connectivity index (χ3n) is 6.27. The van der Waals surface area contributed by atoms with E-state index in [4.69, 9.17) is 14.3 Å². The van der Waals surface area contributed by atoms with Gasteiger partial charge in [0.25, 0.3) is 5.91 Å². The molecule has 3 aliphatic heterocycles. The van der Waals surface area contributed by atoms with E-state index in [9.17, 15) is 9.59 Å². The molecule has 2 atom stereocenters. The first-order valence-corrected chi connectivity index (χ1v) is 11.3. The molecule has 1 aromatic rings. The monoisotopic (exact) mass is 428 g/mol. The van der Waals surface area contributed by atoms with Crippen LogP contribution in [-0.4, -0.2) is 54.2 Å². The van der Waals surface area contributed by atoms with Crippen LogP contribution in [0.15, 0.2) is 24.3 Å². The summed E-state index contributed by atoms with van der Waals surface area (Å²) in [5.74, 6) is 0.370. The zero-order chi connectivity index (χ0) is 21.8. The first kappa shape index (κ1) is 22.0. The van der Waals surface area contributed by atoms with Gasteiger partial charge in [-0.1, -0.05) is 6.07 Å². The summed E-state index contributed by atoms with van der Waals surface area (Å²) < 4.78 is 11.8. The molecule has 3 aliphatic rings. The second-order valence-electron chi connectivity index (χ2n) is 9.02. The summed E-state index contributed by atoms with van der Waals surface area (Å²) in [5.41, 5.74) is 3.32. The topological polar surface area (TPSA) is 77.1 Å². The van der Waals surface area contributed by atoms with Crippen LogP contribution >= 0.6 is 0 Å². The standard InChI is InChI=1S/C24H32N2O5/c1-17(2)26-12-5-11-24(16-26)15-20(27)19-14-18(7-9-21(19)30-24)8-10-22(28)25-31-23-6-3-4-13-29-23/h7-10,14,17,23H,3-6,11-13,15-16H2,1-2H3,(H,25,28)/b10-8+. The molecule has 2 saturated heterocycles. The van der Waals surface area contributed by atoms with Crippen LogP contribution in [0.5, 0.6) is 5.75 Å². The molecule has 1 amide bonds. The smallest absolute Gasteiger partial charge is 0.267 e. The summed E-state index contributed by atoms with van der Waals surface area (Å²) in [4.78, 5) is 32.7. The van der Waals surface area contributed by atoms with Gasteiger partial charge < -0.3 is 9.47 Å². The Morgan fingerprint density at radius 1 is 1.32 bits per heavy atom. The van der Waals surface area contributed by atoms with Crippen molar-refractivity contribution in [1.82, 2.24) is 10.4 Å². The van der Waals surface area contributed by atoms with Crippen LogP contribution in [0.3, 0.4) is 0 Å². The van der Waals surface area contributed by atoms with E-state index in [1.54, 1.807) is 12.1 Å². The summed E-state index contributed by atoms with van der Waals surface area (Å²) in [5, 5.41) is 0. The number of benzene rings is 1. The predicted octanol–water partition coefficient (Wildman–Crippen LogP) is 3.48. The molecule has 7 heteroatoms. The Morgan fingerprint density at radius 3 is 2.97 bits per heavy atom. The number of Topliss-reactive ketones (excluding diaryl/α,β-unsaturated/α-hetero) is 1. The highest BCUT2D eigenvalue weighted by molar-refractivity contribution is 6.01. The van der Waals surface area contributed by atoms with Gasteiger partial charge in [-0.2, -0.15) is 0 Å². The highest BCUT2D eigenvalue weighted by atomic mass is 16.8. The lowest BCUT2D eigenvalue weighted by Crippen LogP contribution is -2.56. The van der Waals surface area contributed by atoms with Crippen molar-refractivity contribution in [3.05, 3.63) is 35.4 Å². The number of fused-ring (bicyclic) bond motifs is 1. The zero-order valence-corrected chi connectivity index (χ0v) is 18.4. The summed E-state index contributed by atoms with van der Waals surface area (Å²) in [7, 11) is 0. The number of ether oxygens (including phenoxy) is 2. The largest absolute Gasteiger partial charge is 0.485 e. The minimum absolute atomic E-state index is 0.101. The third-order valence-corrected chi connectivity index (χ3v) is 6.27. The summed E-state index contributed by atoms with van der Waals surface area (Å²) in [6.45, 7) is 6.84. The molecule has 0 bridgehead atoms. The maximum Gasteiger partial charge on any atom is 0.267 e. The lowest BCUT2D eigenvalue weighted by molar-refractivity contribution is -0.198. The van der Waals surface area contributed by atoms with Crippen LogP contribution in [-0.2, 0) is 14.4 Å². The number of nitrogens with zero attached hydrogens (tertiary/aromatic N) is 1. The molecule has 2 fully saturated rings. The number of piperidine rings is 1. The number of nitrogens with one attached hydrogen (secondary N) is 1. The normalized spacial score (nSPS) is 26.8. The fraction of sp³-hybridized carbons (Fsp3) is 0.583. The molecular weight excluding hydrogens is 396 g/mol. The number of hydroxylamine groups is 1. The molecule has 0 aliphatic carbocycles. The first-order valence-electron chi connectivity index (χ1n) is 11.3. The van der Waals surface area contributed by atoms with Crippen molar-refractivity contribution in [2.45, 2.75) is 70.3 Å². The molecule has 7 nitrogen and oxygen atoms in total. The van der Waals surface area contributed by atoms with Crippen molar-refractivity contribution in [2.75, 3.05) is 19.7 Å². The minimum atomic E-state index is -0.428. The Hall–Kier alpha value is -2.22. The van der Waals surface area contributed by atoms with Crippen molar-refractivity contribution < 1.29 is 23.9 Å². The Labute approximate surface area is 183 Å². The average molecular weight is 429 g/mol. The number of amides is 1. The molecule has 1 N–H and O–H groups in total. The highest BCUT2D eigenvalue weighted by Gasteiger charge is 2.44. The summed E-state index contributed by atoms with van der Waals surface area (Å²) in [6, 6.07) is 5.93. The molecular formula is C24H32N2O5. The number of hydrogen-bond acceptors (Lipinski definition) is 6. The zero-order valence-electron chi connectivity index (χ0n) is 18.4. The van der Waals surface area contributed by atoms with E-state index in [1.165, 1.54) is 6.08 Å². The molecule has 1 aromatic carbocycles. The average Bonchev–Trinajstić information content (AvgIpc) is 2.77. The number of likely N-dealkylation sites (tertiary alicyclic amines) is 1. The van der Waals surface area contributed by atoms with Crippen LogP contribution in [0.25, 0.3) is 6.08 Å². The fourth-order valence-corrected chi connectivity index (χ4v) is 4.55. The van der Waals surface area contributed by atoms with E-state index in [2.05, 4.69) is 24.2 Å². The lowest BCUT2D eigenvalue weighted by Gasteiger charge is -2.46. The van der Waals surface area contributed by atoms with Crippen molar-refractivity contribution >= 4 is 17.8 Å². The van der Waals surface area contributed by atoms with Crippen LogP contribution in [0.1, 0.15) is 68.3 Å². The molecule has 0 radical (unpaired) electrons. The Kier molecular flexibility index (Phi) is 6.74. The molecule has 168 valence electrons. The van der Waals surface area contributed by atoms with E-state index in [-0.39, 0.29) is 18.0 Å². The van der Waals surface area contributed by atoms with E-state index < -0.39 is 5.60 Å². The number of ketones is 1. The second-order valence-corrected chi connectivity index (χ2v) is 9.02. The quantitative estimate of drug-likeness (QED) is 0.572. The lowest BCUT2D eigenvalue weighted by atomic mass is 9.83. The second kappa shape index (κ2) is 9.51. The summed E-state index contributed by atoms with van der Waals surface area (Å²) >= 11 is 0. The van der Waals surface area contributed by atoms with Gasteiger partial charge in [0, 0.05) is 31.7 Å². The van der Waals surface area contributed by atoms with Gasteiger partial charge in [-0.05, 0) is 69.8 Å². The Bertz CT molecular complexity index is 846. The van der Waals surface area contributed by atoms with Gasteiger partial charge in [0.1, 0.15) is 11.4 Å². The number of carbonyl (C=O) groups is 2. The van der Waals surface area contributed by atoms with Gasteiger partial charge in [0.2, 0.25) is 0 Å². The fourth-order valence-electron chi connectivity index (χ4n) is 4.55. The molecule has 0 saturated carbocycles. The van der Waals surface area contributed by atoms with E-state index in [0.29, 0.717) is 30.4 Å². The van der Waals surface area contributed by atoms with Crippen molar-refractivity contribution in [3.63, 3.8) is 0 Å². The maximum atomic E-state index is 13.0. The molecule has 2 unspecified atom stereocenters. The molecule has 1 spiro atoms. The van der Waals surface area contributed by atoms with Crippen LogP contribution in [0.2, 0.25) is 0 Å². The van der Waals surface area contributed by atoms with E-state index in [1.807, 2.05) is 12.1 Å². The van der Waals surface area contributed by atoms with Gasteiger partial charge in [-0.25, -0.2) is 10.3 Å². The van der Waals surface area contributed by atoms with Crippen LogP contribution < -0.4 is 10.2 Å². The SMILES string of the molecule is CC(C)N1CCCC2(CC(=O)c3cc(/C=C/C(=O)NOC4CCCCO4)ccc3O2)C1. The van der Waals surface area contributed by atoms with Crippen molar-refractivity contribution in [2.24, 2.45) is 0 Å². The highest BCUT2D eigenvalue weighted by Crippen LogP contribution is 2.39.